The Labute approximate surface area is 82.2 Å². The minimum Gasteiger partial charge on any atom is -0.373 e. The van der Waals surface area contributed by atoms with Crippen LogP contribution >= 0.6 is 0 Å². The van der Waals surface area contributed by atoms with E-state index in [1.54, 1.807) is 6.21 Å². The van der Waals surface area contributed by atoms with Crippen molar-refractivity contribution < 1.29 is 8.95 Å². The smallest absolute Gasteiger partial charge is 0.144 e. The van der Waals surface area contributed by atoms with Crippen molar-refractivity contribution >= 4 is 17.2 Å². The molecule has 3 nitrogen and oxygen atoms in total. The van der Waals surface area contributed by atoms with Crippen molar-refractivity contribution in [1.82, 2.24) is 0 Å². The van der Waals surface area contributed by atoms with Gasteiger partial charge in [0.15, 0.2) is 0 Å². The fourth-order valence-electron chi connectivity index (χ4n) is 1.00. The van der Waals surface area contributed by atoms with E-state index in [4.69, 9.17) is 4.74 Å². The van der Waals surface area contributed by atoms with E-state index < -0.39 is 11.0 Å². The molecule has 1 aliphatic heterocycles. The van der Waals surface area contributed by atoms with Crippen LogP contribution in [0.2, 0.25) is 0 Å². The van der Waals surface area contributed by atoms with Crippen LogP contribution in [0.5, 0.6) is 0 Å². The fraction of sp³-hybridized carbons (Fsp3) is 0.889. The zero-order valence-corrected chi connectivity index (χ0v) is 9.26. The highest BCUT2D eigenvalue weighted by atomic mass is 32.2. The molecule has 13 heavy (non-hydrogen) atoms. The van der Waals surface area contributed by atoms with Gasteiger partial charge in [0, 0.05) is 12.8 Å². The lowest BCUT2D eigenvalue weighted by Gasteiger charge is -2.13. The number of nitrogens with zero attached hydrogens (tertiary/aromatic N) is 1. The van der Waals surface area contributed by atoms with Crippen molar-refractivity contribution in [2.75, 3.05) is 6.61 Å². The van der Waals surface area contributed by atoms with Gasteiger partial charge in [0.1, 0.15) is 11.0 Å². The van der Waals surface area contributed by atoms with E-state index in [1.165, 1.54) is 0 Å². The molecule has 1 fully saturated rings. The first-order valence-electron chi connectivity index (χ1n) is 4.58. The van der Waals surface area contributed by atoms with Crippen LogP contribution in [0.3, 0.4) is 0 Å². The molecule has 76 valence electrons. The van der Waals surface area contributed by atoms with E-state index in [0.29, 0.717) is 0 Å². The van der Waals surface area contributed by atoms with Crippen molar-refractivity contribution in [3.8, 4) is 0 Å². The summed E-state index contributed by atoms with van der Waals surface area (Å²) in [6.45, 7) is 6.54. The summed E-state index contributed by atoms with van der Waals surface area (Å²) in [6, 6.07) is 0. The molecule has 1 unspecified atom stereocenters. The third-order valence-corrected chi connectivity index (χ3v) is 3.17. The molecule has 1 saturated heterocycles. The van der Waals surface area contributed by atoms with E-state index >= 15 is 0 Å². The molecule has 0 aromatic carbocycles. The Hall–Kier alpha value is -0.220. The third-order valence-electron chi connectivity index (χ3n) is 1.81. The first-order valence-corrected chi connectivity index (χ1v) is 5.68. The predicted molar refractivity (Wildman–Crippen MR) is 55.4 cm³/mol. The molecule has 1 rings (SSSR count). The highest BCUT2D eigenvalue weighted by molar-refractivity contribution is 7.85. The van der Waals surface area contributed by atoms with E-state index in [1.807, 2.05) is 20.8 Å². The predicted octanol–water partition coefficient (Wildman–Crippen LogP) is 1.70. The highest BCUT2D eigenvalue weighted by Crippen LogP contribution is 2.14. The Bertz CT molecular complexity index is 214. The second-order valence-corrected chi connectivity index (χ2v) is 6.10. The van der Waals surface area contributed by atoms with Gasteiger partial charge in [-0.25, -0.2) is 4.21 Å². The van der Waals surface area contributed by atoms with Gasteiger partial charge in [0.25, 0.3) is 0 Å². The van der Waals surface area contributed by atoms with Gasteiger partial charge in [-0.3, -0.25) is 0 Å². The van der Waals surface area contributed by atoms with Crippen LogP contribution in [0.1, 0.15) is 33.6 Å². The zero-order chi connectivity index (χ0) is 9.90. The number of ether oxygens (including phenoxy) is 1. The van der Waals surface area contributed by atoms with Crippen molar-refractivity contribution in [1.29, 1.82) is 0 Å². The second kappa shape index (κ2) is 4.33. The average molecular weight is 203 g/mol. The summed E-state index contributed by atoms with van der Waals surface area (Å²) in [5.41, 5.74) is 0. The number of hydrogen-bond acceptors (Lipinski definition) is 2. The molecule has 1 heterocycles. The summed E-state index contributed by atoms with van der Waals surface area (Å²) in [6.07, 6.45) is 3.87. The maximum Gasteiger partial charge on any atom is 0.144 e. The van der Waals surface area contributed by atoms with Crippen molar-refractivity contribution in [3.05, 3.63) is 0 Å². The van der Waals surface area contributed by atoms with Crippen molar-refractivity contribution in [2.24, 2.45) is 4.40 Å². The first-order chi connectivity index (χ1) is 6.00. The number of hydrogen-bond donors (Lipinski definition) is 0. The Morgan fingerprint density at radius 2 is 2.23 bits per heavy atom. The van der Waals surface area contributed by atoms with Crippen LogP contribution in [-0.4, -0.2) is 27.9 Å². The maximum atomic E-state index is 11.5. The molecule has 0 amide bonds. The molecule has 1 aliphatic rings. The molecule has 0 radical (unpaired) electrons. The topological polar surface area (TPSA) is 38.7 Å². The quantitative estimate of drug-likeness (QED) is 0.641. The molecule has 0 spiro atoms. The third kappa shape index (κ3) is 3.56. The molecule has 0 aromatic rings. The van der Waals surface area contributed by atoms with Gasteiger partial charge < -0.3 is 4.74 Å². The van der Waals surface area contributed by atoms with Gasteiger partial charge in [-0.1, -0.05) is 0 Å². The lowest BCUT2D eigenvalue weighted by atomic mass is 10.3. The molecule has 0 bridgehead atoms. The lowest BCUT2D eigenvalue weighted by molar-refractivity contribution is 0.162. The summed E-state index contributed by atoms with van der Waals surface area (Å²) in [4.78, 5) is 0. The zero-order valence-electron chi connectivity index (χ0n) is 8.45. The molecule has 0 aliphatic carbocycles. The summed E-state index contributed by atoms with van der Waals surface area (Å²) >= 11 is 0. The number of rotatable bonds is 2. The molecule has 0 N–H and O–H groups in total. The summed E-state index contributed by atoms with van der Waals surface area (Å²) < 4.78 is 20.5. The maximum absolute atomic E-state index is 11.5. The summed E-state index contributed by atoms with van der Waals surface area (Å²) in [5, 5.41) is 0. The minimum atomic E-state index is -1.14. The van der Waals surface area contributed by atoms with Crippen molar-refractivity contribution in [2.45, 2.75) is 44.5 Å². The monoisotopic (exact) mass is 203 g/mol. The van der Waals surface area contributed by atoms with Crippen LogP contribution in [0, 0.1) is 0 Å². The van der Waals surface area contributed by atoms with E-state index in [2.05, 4.69) is 4.40 Å². The molecule has 0 aromatic heterocycles. The minimum absolute atomic E-state index is 0.0892. The van der Waals surface area contributed by atoms with Crippen LogP contribution in [-0.2, 0) is 15.7 Å². The first kappa shape index (κ1) is 10.9. The largest absolute Gasteiger partial charge is 0.373 e. The van der Waals surface area contributed by atoms with Crippen LogP contribution < -0.4 is 0 Å². The Morgan fingerprint density at radius 1 is 1.54 bits per heavy atom. The van der Waals surface area contributed by atoms with Gasteiger partial charge in [0.2, 0.25) is 0 Å². The Kier molecular flexibility index (Phi) is 3.62. The molecular weight excluding hydrogens is 186 g/mol. The lowest BCUT2D eigenvalue weighted by Crippen LogP contribution is -2.20. The normalized spacial score (nSPS) is 26.8. The van der Waals surface area contributed by atoms with Gasteiger partial charge in [-0.15, -0.1) is 0 Å². The molecule has 0 saturated carbocycles. The second-order valence-electron chi connectivity index (χ2n) is 4.17. The Balaban J connectivity index is 2.43. The van der Waals surface area contributed by atoms with Gasteiger partial charge in [-0.05, 0) is 33.6 Å². The van der Waals surface area contributed by atoms with E-state index in [9.17, 15) is 4.21 Å². The summed E-state index contributed by atoms with van der Waals surface area (Å²) in [5.74, 6) is 0. The summed E-state index contributed by atoms with van der Waals surface area (Å²) in [7, 11) is -1.14. The van der Waals surface area contributed by atoms with Gasteiger partial charge in [-0.2, -0.15) is 4.40 Å². The molecular formula is C9H17NO2S. The van der Waals surface area contributed by atoms with Gasteiger partial charge >= 0.3 is 0 Å². The van der Waals surface area contributed by atoms with E-state index in [-0.39, 0.29) is 10.9 Å². The molecule has 4 heteroatoms. The van der Waals surface area contributed by atoms with Crippen LogP contribution in [0.4, 0.5) is 0 Å². The van der Waals surface area contributed by atoms with Crippen LogP contribution in [0.25, 0.3) is 0 Å². The van der Waals surface area contributed by atoms with Crippen LogP contribution in [0.15, 0.2) is 4.40 Å². The van der Waals surface area contributed by atoms with Crippen molar-refractivity contribution in [3.63, 3.8) is 0 Å². The average Bonchev–Trinajstić information content (AvgIpc) is 2.50. The highest BCUT2D eigenvalue weighted by Gasteiger charge is 2.19. The Morgan fingerprint density at radius 3 is 2.69 bits per heavy atom. The van der Waals surface area contributed by atoms with E-state index in [0.717, 1.165) is 19.4 Å². The SMILES string of the molecule is CC(C)(C)[S@@](=O)/N=C/C1CCCO1. The van der Waals surface area contributed by atoms with Gasteiger partial charge in [0.05, 0.1) is 10.9 Å². The fourth-order valence-corrected chi connectivity index (χ4v) is 1.56. The standard InChI is InChI=1S/C9H17NO2S/c1-9(2,3)13(11)10-7-8-5-4-6-12-8/h7-8H,4-6H2,1-3H3/b10-7+/t8?,13-/m1/s1. The molecule has 2 atom stereocenters.